The molecule has 0 aromatic rings. The summed E-state index contributed by atoms with van der Waals surface area (Å²) in [5.41, 5.74) is 2.44. The Kier molecular flexibility index (Phi) is 13.0. The second kappa shape index (κ2) is 13.9. The first-order valence-electron chi connectivity index (χ1n) is 5.39. The Morgan fingerprint density at radius 3 is 2.25 bits per heavy atom. The lowest BCUT2D eigenvalue weighted by molar-refractivity contribution is -0.286. The average Bonchev–Trinajstić information content (AvgIpc) is 2.31. The Morgan fingerprint density at radius 2 is 1.62 bits per heavy atom. The predicted molar refractivity (Wildman–Crippen MR) is 61.3 cm³/mol. The topological polar surface area (TPSA) is 36.9 Å². The van der Waals surface area contributed by atoms with E-state index in [4.69, 9.17) is 14.7 Å². The normalized spacial score (nSPS) is 9.50. The molecule has 0 fully saturated rings. The monoisotopic (exact) mass is 228 g/mol. The van der Waals surface area contributed by atoms with Crippen molar-refractivity contribution in [3.63, 3.8) is 0 Å². The largest absolute Gasteiger partial charge is 0.337 e. The molecule has 0 heterocycles. The van der Waals surface area contributed by atoms with Crippen LogP contribution in [0.2, 0.25) is 0 Å². The van der Waals surface area contributed by atoms with Gasteiger partial charge in [0, 0.05) is 0 Å². The molecule has 16 heavy (non-hydrogen) atoms. The van der Waals surface area contributed by atoms with Gasteiger partial charge in [-0.25, -0.2) is 9.78 Å². The summed E-state index contributed by atoms with van der Waals surface area (Å²) >= 11 is 0. The minimum Gasteiger partial charge on any atom is -0.337 e. The van der Waals surface area contributed by atoms with Gasteiger partial charge >= 0.3 is 0 Å². The molecule has 0 aromatic carbocycles. The fourth-order valence-corrected chi connectivity index (χ4v) is 0.947. The molecule has 0 aliphatic carbocycles. The average molecular weight is 228 g/mol. The highest BCUT2D eigenvalue weighted by Gasteiger charge is 1.92. The van der Waals surface area contributed by atoms with Crippen LogP contribution in [0.3, 0.4) is 0 Å². The molecule has 0 saturated heterocycles. The van der Waals surface area contributed by atoms with Crippen LogP contribution in [0.4, 0.5) is 0 Å². The highest BCUT2D eigenvalue weighted by atomic mass is 17.2. The van der Waals surface area contributed by atoms with Gasteiger partial charge in [-0.3, -0.25) is 0 Å². The van der Waals surface area contributed by atoms with Crippen molar-refractivity contribution in [2.75, 3.05) is 19.8 Å². The van der Waals surface area contributed by atoms with Crippen molar-refractivity contribution in [3.8, 4) is 0 Å². The molecule has 4 nitrogen and oxygen atoms in total. The molecular formula is C12H20O4. The summed E-state index contributed by atoms with van der Waals surface area (Å²) in [6, 6.07) is 0. The Hall–Kier alpha value is -1.06. The van der Waals surface area contributed by atoms with Crippen LogP contribution in [-0.2, 0) is 19.6 Å². The van der Waals surface area contributed by atoms with Crippen molar-refractivity contribution in [1.82, 2.24) is 0 Å². The van der Waals surface area contributed by atoms with Crippen molar-refractivity contribution in [2.24, 2.45) is 0 Å². The zero-order chi connectivity index (χ0) is 11.9. The van der Waals surface area contributed by atoms with E-state index in [1.54, 1.807) is 6.08 Å². The second-order valence-electron chi connectivity index (χ2n) is 3.05. The van der Waals surface area contributed by atoms with Gasteiger partial charge in [0.15, 0.2) is 6.26 Å². The lowest BCUT2D eigenvalue weighted by Gasteiger charge is -2.02. The van der Waals surface area contributed by atoms with Gasteiger partial charge in [0.1, 0.15) is 6.61 Å². The minimum atomic E-state index is 0.433. The molecule has 0 aromatic heterocycles. The highest BCUT2D eigenvalue weighted by Crippen LogP contribution is 2.01. The summed E-state index contributed by atoms with van der Waals surface area (Å²) in [4.78, 5) is 19.1. The van der Waals surface area contributed by atoms with E-state index in [0.29, 0.717) is 19.8 Å². The summed E-state index contributed by atoms with van der Waals surface area (Å²) in [7, 11) is 0. The van der Waals surface area contributed by atoms with Crippen molar-refractivity contribution in [3.05, 3.63) is 31.2 Å². The SMILES string of the molecule is C=C=COOCCCCCCOOCC=C. The zero-order valence-corrected chi connectivity index (χ0v) is 9.65. The number of unbranched alkanes of at least 4 members (excludes halogenated alkanes) is 3. The van der Waals surface area contributed by atoms with Gasteiger partial charge < -0.3 is 4.89 Å². The molecule has 0 rings (SSSR count). The first-order valence-corrected chi connectivity index (χ1v) is 5.39. The Labute approximate surface area is 97.0 Å². The van der Waals surface area contributed by atoms with Crippen molar-refractivity contribution in [1.29, 1.82) is 0 Å². The van der Waals surface area contributed by atoms with E-state index < -0.39 is 0 Å². The maximum Gasteiger partial charge on any atom is 0.171 e. The Balaban J connectivity index is 2.93. The molecule has 0 amide bonds. The summed E-state index contributed by atoms with van der Waals surface area (Å²) in [6.45, 7) is 8.46. The van der Waals surface area contributed by atoms with Gasteiger partial charge in [-0.1, -0.05) is 31.2 Å². The van der Waals surface area contributed by atoms with Crippen LogP contribution in [0.5, 0.6) is 0 Å². The van der Waals surface area contributed by atoms with E-state index in [1.165, 1.54) is 6.26 Å². The van der Waals surface area contributed by atoms with Crippen LogP contribution < -0.4 is 0 Å². The van der Waals surface area contributed by atoms with Crippen molar-refractivity contribution >= 4 is 0 Å². The molecule has 0 aliphatic heterocycles. The number of rotatable bonds is 12. The number of hydrogen-bond acceptors (Lipinski definition) is 4. The van der Waals surface area contributed by atoms with Gasteiger partial charge in [-0.2, -0.15) is 4.89 Å². The quantitative estimate of drug-likeness (QED) is 0.128. The van der Waals surface area contributed by atoms with Crippen LogP contribution in [0.1, 0.15) is 25.7 Å². The van der Waals surface area contributed by atoms with Gasteiger partial charge in [0.05, 0.1) is 13.2 Å². The highest BCUT2D eigenvalue weighted by molar-refractivity contribution is 4.62. The Morgan fingerprint density at radius 1 is 0.938 bits per heavy atom. The van der Waals surface area contributed by atoms with E-state index in [0.717, 1.165) is 25.7 Å². The summed E-state index contributed by atoms with van der Waals surface area (Å²) < 4.78 is 0. The maximum absolute atomic E-state index is 4.89. The molecule has 4 heteroatoms. The van der Waals surface area contributed by atoms with Gasteiger partial charge in [-0.05, 0) is 12.8 Å². The van der Waals surface area contributed by atoms with Gasteiger partial charge in [-0.15, -0.1) is 6.58 Å². The summed E-state index contributed by atoms with van der Waals surface area (Å²) in [6.07, 6.45) is 7.02. The maximum atomic E-state index is 4.89. The zero-order valence-electron chi connectivity index (χ0n) is 9.65. The fourth-order valence-electron chi connectivity index (χ4n) is 0.947. The van der Waals surface area contributed by atoms with Gasteiger partial charge in [0.25, 0.3) is 0 Å². The van der Waals surface area contributed by atoms with Crippen molar-refractivity contribution in [2.45, 2.75) is 25.7 Å². The van der Waals surface area contributed by atoms with Crippen LogP contribution >= 0.6 is 0 Å². The third-order valence-electron chi connectivity index (χ3n) is 1.67. The molecule has 0 atom stereocenters. The van der Waals surface area contributed by atoms with E-state index in [-0.39, 0.29) is 0 Å². The van der Waals surface area contributed by atoms with E-state index in [9.17, 15) is 0 Å². The number of hydrogen-bond donors (Lipinski definition) is 0. The molecule has 0 N–H and O–H groups in total. The molecule has 0 unspecified atom stereocenters. The summed E-state index contributed by atoms with van der Waals surface area (Å²) in [5, 5.41) is 0. The lowest BCUT2D eigenvalue weighted by atomic mass is 10.2. The Bertz CT molecular complexity index is 197. The predicted octanol–water partition coefficient (Wildman–Crippen LogP) is 2.93. The first-order chi connectivity index (χ1) is 7.91. The van der Waals surface area contributed by atoms with E-state index in [1.807, 2.05) is 0 Å². The third kappa shape index (κ3) is 12.9. The second-order valence-corrected chi connectivity index (χ2v) is 3.05. The molecule has 0 spiro atoms. The van der Waals surface area contributed by atoms with E-state index in [2.05, 4.69) is 23.8 Å². The molecule has 0 bridgehead atoms. The van der Waals surface area contributed by atoms with Gasteiger partial charge in [0.2, 0.25) is 0 Å². The molecule has 0 aliphatic rings. The molecule has 92 valence electrons. The standard InChI is InChI=1S/C12H20O4/c1-3-9-13-15-11-7-5-6-8-12-16-14-10-4-2/h3,10H,1-2,5-9,11-12H2. The van der Waals surface area contributed by atoms with Crippen molar-refractivity contribution < 1.29 is 19.6 Å². The van der Waals surface area contributed by atoms with Crippen LogP contribution in [0, 0.1) is 0 Å². The molecular weight excluding hydrogens is 208 g/mol. The van der Waals surface area contributed by atoms with Crippen LogP contribution in [0.25, 0.3) is 0 Å². The summed E-state index contributed by atoms with van der Waals surface area (Å²) in [5.74, 6) is 0. The molecule has 0 radical (unpaired) electrons. The lowest BCUT2D eigenvalue weighted by Crippen LogP contribution is -1.97. The third-order valence-corrected chi connectivity index (χ3v) is 1.67. The fraction of sp³-hybridized carbons (Fsp3) is 0.583. The first kappa shape index (κ1) is 14.9. The van der Waals surface area contributed by atoms with E-state index >= 15 is 0 Å². The smallest absolute Gasteiger partial charge is 0.171 e. The molecule has 0 saturated carbocycles. The van der Waals surface area contributed by atoms with Crippen LogP contribution in [-0.4, -0.2) is 19.8 Å². The van der Waals surface area contributed by atoms with Crippen LogP contribution in [0.15, 0.2) is 31.2 Å². The minimum absolute atomic E-state index is 0.433.